The Morgan fingerprint density at radius 1 is 2.00 bits per heavy atom. The van der Waals surface area contributed by atoms with Crippen LogP contribution in [0.4, 0.5) is 4.79 Å². The lowest BCUT2D eigenvalue weighted by atomic mass is 10.6. The van der Waals surface area contributed by atoms with Crippen LogP contribution < -0.4 is 5.32 Å². The molecule has 1 saturated heterocycles. The zero-order valence-corrected chi connectivity index (χ0v) is 3.43. The van der Waals surface area contributed by atoms with Crippen LogP contribution in [0.15, 0.2) is 0 Å². The summed E-state index contributed by atoms with van der Waals surface area (Å²) >= 11 is 0. The Morgan fingerprint density at radius 2 is 2.50 bits per heavy atom. The monoisotopic (exact) mass is 85.0 g/mol. The number of urea groups is 1. The minimum absolute atomic E-state index is 0.0324. The summed E-state index contributed by atoms with van der Waals surface area (Å²) in [5.41, 5.74) is 0. The van der Waals surface area contributed by atoms with E-state index in [0.717, 1.165) is 0 Å². The van der Waals surface area contributed by atoms with Gasteiger partial charge in [0.2, 0.25) is 0 Å². The first kappa shape index (κ1) is 3.46. The molecule has 3 nitrogen and oxygen atoms in total. The molecule has 0 aromatic heterocycles. The third kappa shape index (κ3) is 0.246. The van der Waals surface area contributed by atoms with Crippen molar-refractivity contribution in [3.63, 3.8) is 0 Å². The molecule has 0 atom stereocenters. The van der Waals surface area contributed by atoms with E-state index in [1.54, 1.807) is 13.7 Å². The SMILES string of the molecule is CN1[CH]NC1=O. The maximum absolute atomic E-state index is 10.0. The van der Waals surface area contributed by atoms with E-state index < -0.39 is 0 Å². The normalized spacial score (nSPS) is 19.5. The summed E-state index contributed by atoms with van der Waals surface area (Å²) in [6, 6.07) is -0.0324. The minimum Gasteiger partial charge on any atom is -0.314 e. The number of hydrogen-bond acceptors (Lipinski definition) is 1. The number of nitrogens with one attached hydrogen (secondary N) is 1. The van der Waals surface area contributed by atoms with E-state index >= 15 is 0 Å². The molecule has 0 unspecified atom stereocenters. The summed E-state index contributed by atoms with van der Waals surface area (Å²) in [5, 5.41) is 2.42. The second-order valence-electron chi connectivity index (χ2n) is 1.19. The van der Waals surface area contributed by atoms with Crippen LogP contribution in [0.2, 0.25) is 0 Å². The molecule has 1 rings (SSSR count). The molecule has 33 valence electrons. The molecule has 0 spiro atoms. The van der Waals surface area contributed by atoms with Crippen molar-refractivity contribution >= 4 is 6.03 Å². The second-order valence-corrected chi connectivity index (χ2v) is 1.19. The van der Waals surface area contributed by atoms with Crippen LogP contribution in [0.25, 0.3) is 0 Å². The summed E-state index contributed by atoms with van der Waals surface area (Å²) in [5.74, 6) is 0. The van der Waals surface area contributed by atoms with Crippen molar-refractivity contribution in [3.05, 3.63) is 6.67 Å². The van der Waals surface area contributed by atoms with Gasteiger partial charge in [0.15, 0.2) is 0 Å². The van der Waals surface area contributed by atoms with Gasteiger partial charge in [0.25, 0.3) is 0 Å². The smallest absolute Gasteiger partial charge is 0.314 e. The van der Waals surface area contributed by atoms with Crippen LogP contribution in [0.3, 0.4) is 0 Å². The Labute approximate surface area is 35.9 Å². The fourth-order valence-corrected chi connectivity index (χ4v) is 0.246. The van der Waals surface area contributed by atoms with Gasteiger partial charge in [-0.15, -0.1) is 0 Å². The van der Waals surface area contributed by atoms with Crippen molar-refractivity contribution in [3.8, 4) is 0 Å². The molecule has 1 aliphatic heterocycles. The van der Waals surface area contributed by atoms with Gasteiger partial charge in [0.05, 0.1) is 0 Å². The highest BCUT2D eigenvalue weighted by molar-refractivity contribution is 5.80. The second kappa shape index (κ2) is 0.864. The van der Waals surface area contributed by atoms with Crippen LogP contribution in [-0.4, -0.2) is 18.0 Å². The van der Waals surface area contributed by atoms with Gasteiger partial charge in [-0.1, -0.05) is 0 Å². The lowest BCUT2D eigenvalue weighted by molar-refractivity contribution is 0.193. The van der Waals surface area contributed by atoms with Crippen molar-refractivity contribution in [2.24, 2.45) is 0 Å². The molecule has 0 aromatic rings. The van der Waals surface area contributed by atoms with E-state index in [2.05, 4.69) is 5.32 Å². The minimum atomic E-state index is -0.0324. The lowest BCUT2D eigenvalue weighted by Crippen LogP contribution is -2.49. The Bertz CT molecular complexity index is 80.9. The van der Waals surface area contributed by atoms with Gasteiger partial charge in [-0.3, -0.25) is 0 Å². The maximum Gasteiger partial charge on any atom is 0.320 e. The van der Waals surface area contributed by atoms with Crippen molar-refractivity contribution in [2.75, 3.05) is 7.05 Å². The molecule has 1 aliphatic rings. The van der Waals surface area contributed by atoms with Crippen LogP contribution in [0.1, 0.15) is 0 Å². The third-order valence-electron chi connectivity index (χ3n) is 0.702. The van der Waals surface area contributed by atoms with Gasteiger partial charge in [0.1, 0.15) is 6.67 Å². The number of nitrogens with zero attached hydrogens (tertiary/aromatic N) is 1. The zero-order chi connectivity index (χ0) is 4.57. The number of hydrogen-bond donors (Lipinski definition) is 1. The Balaban J connectivity index is 2.39. The van der Waals surface area contributed by atoms with E-state index in [9.17, 15) is 4.79 Å². The lowest BCUT2D eigenvalue weighted by Gasteiger charge is -2.25. The number of carbonyl (C=O) groups excluding carboxylic acids is 1. The quantitative estimate of drug-likeness (QED) is 0.432. The fourth-order valence-electron chi connectivity index (χ4n) is 0.246. The van der Waals surface area contributed by atoms with Gasteiger partial charge >= 0.3 is 6.03 Å². The standard InChI is InChI=1S/C3H5N2O/c1-5-2-4-3(5)6/h2H,1H3,(H,4,6). The van der Waals surface area contributed by atoms with E-state index in [1.165, 1.54) is 4.90 Å². The predicted molar refractivity (Wildman–Crippen MR) is 20.6 cm³/mol. The van der Waals surface area contributed by atoms with Crippen molar-refractivity contribution in [1.29, 1.82) is 0 Å². The van der Waals surface area contributed by atoms with Crippen molar-refractivity contribution in [1.82, 2.24) is 10.2 Å². The number of rotatable bonds is 0. The van der Waals surface area contributed by atoms with Crippen molar-refractivity contribution < 1.29 is 4.79 Å². The van der Waals surface area contributed by atoms with Crippen LogP contribution in [-0.2, 0) is 0 Å². The van der Waals surface area contributed by atoms with Gasteiger partial charge in [-0.25, -0.2) is 4.79 Å². The summed E-state index contributed by atoms with van der Waals surface area (Å²) < 4.78 is 0. The summed E-state index contributed by atoms with van der Waals surface area (Å²) in [6.45, 7) is 1.60. The topological polar surface area (TPSA) is 32.3 Å². The molecular formula is C3H5N2O. The first-order chi connectivity index (χ1) is 2.80. The zero-order valence-electron chi connectivity index (χ0n) is 3.43. The van der Waals surface area contributed by atoms with Gasteiger partial charge < -0.3 is 10.2 Å². The number of carbonyl (C=O) groups is 1. The molecule has 1 heterocycles. The molecule has 1 radical (unpaired) electrons. The highest BCUT2D eigenvalue weighted by atomic mass is 16.2. The molecule has 0 bridgehead atoms. The van der Waals surface area contributed by atoms with Crippen LogP contribution in [0, 0.1) is 6.67 Å². The molecule has 1 fully saturated rings. The third-order valence-corrected chi connectivity index (χ3v) is 0.702. The average Bonchev–Trinajstić information content (AvgIpc) is 1.61. The molecule has 0 saturated carbocycles. The summed E-state index contributed by atoms with van der Waals surface area (Å²) in [7, 11) is 1.69. The van der Waals surface area contributed by atoms with E-state index in [0.29, 0.717) is 0 Å². The van der Waals surface area contributed by atoms with E-state index in [4.69, 9.17) is 0 Å². The Kier molecular flexibility index (Phi) is 0.498. The molecule has 3 heteroatoms. The Morgan fingerprint density at radius 3 is 2.50 bits per heavy atom. The molecular weight excluding hydrogens is 80.0 g/mol. The molecule has 2 amide bonds. The molecule has 6 heavy (non-hydrogen) atoms. The predicted octanol–water partition coefficient (Wildman–Crippen LogP) is -0.239. The first-order valence-electron chi connectivity index (χ1n) is 1.67. The Hall–Kier alpha value is -0.730. The van der Waals surface area contributed by atoms with Crippen LogP contribution >= 0.6 is 0 Å². The van der Waals surface area contributed by atoms with Gasteiger partial charge in [-0.05, 0) is 0 Å². The first-order valence-corrected chi connectivity index (χ1v) is 1.67. The molecule has 1 N–H and O–H groups in total. The largest absolute Gasteiger partial charge is 0.320 e. The highest BCUT2D eigenvalue weighted by Gasteiger charge is 2.17. The van der Waals surface area contributed by atoms with E-state index in [1.807, 2.05) is 0 Å². The summed E-state index contributed by atoms with van der Waals surface area (Å²) in [6.07, 6.45) is 0. The van der Waals surface area contributed by atoms with Gasteiger partial charge in [0, 0.05) is 7.05 Å². The fraction of sp³-hybridized carbons (Fsp3) is 0.333. The summed E-state index contributed by atoms with van der Waals surface area (Å²) in [4.78, 5) is 11.5. The molecule has 0 aliphatic carbocycles. The van der Waals surface area contributed by atoms with Crippen molar-refractivity contribution in [2.45, 2.75) is 0 Å². The average molecular weight is 85.1 g/mol. The highest BCUT2D eigenvalue weighted by Crippen LogP contribution is 1.94. The maximum atomic E-state index is 10.0. The van der Waals surface area contributed by atoms with Gasteiger partial charge in [-0.2, -0.15) is 0 Å². The van der Waals surface area contributed by atoms with Crippen LogP contribution in [0.5, 0.6) is 0 Å². The number of amides is 2. The molecule has 0 aromatic carbocycles. The van der Waals surface area contributed by atoms with E-state index in [-0.39, 0.29) is 6.03 Å².